The van der Waals surface area contributed by atoms with Crippen LogP contribution in [0.25, 0.3) is 0 Å². The van der Waals surface area contributed by atoms with E-state index in [9.17, 15) is 9.59 Å². The second-order valence-electron chi connectivity index (χ2n) is 10.2. The van der Waals surface area contributed by atoms with Crippen LogP contribution < -0.4 is 4.90 Å². The summed E-state index contributed by atoms with van der Waals surface area (Å²) in [5.74, 6) is 0.109. The first-order chi connectivity index (χ1) is 15.1. The van der Waals surface area contributed by atoms with Crippen molar-refractivity contribution in [1.82, 2.24) is 19.6 Å². The van der Waals surface area contributed by atoms with Gasteiger partial charge in [-0.1, -0.05) is 23.8 Å². The molecule has 0 radical (unpaired) electrons. The number of carbonyl (C=O) groups excluding carboxylic acids is 2. The van der Waals surface area contributed by atoms with Gasteiger partial charge in [-0.15, -0.1) is 0 Å². The van der Waals surface area contributed by atoms with Gasteiger partial charge in [-0.05, 0) is 47.6 Å². The number of nitrogens with zero attached hydrogens (tertiary/aromatic N) is 5. The summed E-state index contributed by atoms with van der Waals surface area (Å²) < 4.78 is 7.53. The highest BCUT2D eigenvalue weighted by molar-refractivity contribution is 5.96. The average molecular weight is 442 g/mol. The predicted octanol–water partition coefficient (Wildman–Crippen LogP) is 3.34. The number of hydrogen-bond donors (Lipinski definition) is 0. The molecule has 3 heterocycles. The van der Waals surface area contributed by atoms with Crippen LogP contribution in [-0.2, 0) is 22.6 Å². The molecule has 0 N–H and O–H groups in total. The molecule has 2 atom stereocenters. The van der Waals surface area contributed by atoms with Crippen molar-refractivity contribution in [2.45, 2.75) is 77.7 Å². The van der Waals surface area contributed by atoms with Crippen molar-refractivity contribution in [2.75, 3.05) is 25.0 Å². The molecule has 1 aliphatic carbocycles. The van der Waals surface area contributed by atoms with Crippen LogP contribution in [-0.4, -0.2) is 69.4 Å². The maximum atomic E-state index is 13.0. The van der Waals surface area contributed by atoms with E-state index in [1.165, 1.54) is 5.57 Å². The van der Waals surface area contributed by atoms with Crippen LogP contribution in [0.2, 0.25) is 0 Å². The third kappa shape index (κ3) is 4.75. The summed E-state index contributed by atoms with van der Waals surface area (Å²) in [4.78, 5) is 31.6. The first kappa shape index (κ1) is 22.6. The number of anilines is 1. The van der Waals surface area contributed by atoms with Gasteiger partial charge in [-0.2, -0.15) is 5.10 Å². The highest BCUT2D eigenvalue weighted by atomic mass is 16.6. The van der Waals surface area contributed by atoms with Crippen LogP contribution in [0, 0.1) is 0 Å². The zero-order valence-corrected chi connectivity index (χ0v) is 19.9. The number of carbonyl (C=O) groups is 2. The van der Waals surface area contributed by atoms with Gasteiger partial charge in [0.15, 0.2) is 0 Å². The molecule has 1 saturated heterocycles. The molecular formula is C24H35N5O3. The summed E-state index contributed by atoms with van der Waals surface area (Å²) in [6, 6.07) is 0.130. The molecule has 1 aromatic rings. The Balaban J connectivity index is 1.47. The van der Waals surface area contributed by atoms with Crippen molar-refractivity contribution >= 4 is 17.7 Å². The Morgan fingerprint density at radius 1 is 1.31 bits per heavy atom. The monoisotopic (exact) mass is 441 g/mol. The molecule has 1 aromatic heterocycles. The second kappa shape index (κ2) is 8.73. The fourth-order valence-electron chi connectivity index (χ4n) is 4.63. The van der Waals surface area contributed by atoms with Crippen molar-refractivity contribution in [3.05, 3.63) is 35.7 Å². The Kier molecular flexibility index (Phi) is 6.16. The molecule has 32 heavy (non-hydrogen) atoms. The first-order valence-electron chi connectivity index (χ1n) is 11.5. The molecular weight excluding hydrogens is 406 g/mol. The number of rotatable bonds is 4. The minimum absolute atomic E-state index is 0.0314. The Morgan fingerprint density at radius 3 is 2.78 bits per heavy atom. The number of aromatic nitrogens is 2. The van der Waals surface area contributed by atoms with E-state index in [0.29, 0.717) is 26.1 Å². The second-order valence-corrected chi connectivity index (χ2v) is 10.2. The molecule has 4 rings (SSSR count). The van der Waals surface area contributed by atoms with E-state index in [4.69, 9.17) is 4.74 Å². The van der Waals surface area contributed by atoms with Gasteiger partial charge in [-0.3, -0.25) is 19.3 Å². The molecule has 0 aromatic carbocycles. The highest BCUT2D eigenvalue weighted by Gasteiger charge is 2.38. The van der Waals surface area contributed by atoms with Crippen LogP contribution >= 0.6 is 0 Å². The van der Waals surface area contributed by atoms with Crippen LogP contribution in [0.5, 0.6) is 0 Å². The smallest absolute Gasteiger partial charge is 0.410 e. The van der Waals surface area contributed by atoms with Crippen LogP contribution in [0.1, 0.15) is 52.7 Å². The molecule has 2 aliphatic heterocycles. The third-order valence-corrected chi connectivity index (χ3v) is 6.42. The summed E-state index contributed by atoms with van der Waals surface area (Å²) in [7, 11) is 2.10. The van der Waals surface area contributed by atoms with E-state index in [1.54, 1.807) is 11.1 Å². The Labute approximate surface area is 190 Å². The van der Waals surface area contributed by atoms with Gasteiger partial charge in [0.1, 0.15) is 5.60 Å². The lowest BCUT2D eigenvalue weighted by molar-refractivity contribution is -0.117. The Bertz CT molecular complexity index is 942. The molecule has 0 bridgehead atoms. The highest BCUT2D eigenvalue weighted by Crippen LogP contribution is 2.32. The Morgan fingerprint density at radius 2 is 2.09 bits per heavy atom. The summed E-state index contributed by atoms with van der Waals surface area (Å²) >= 11 is 0. The first-order valence-corrected chi connectivity index (χ1v) is 11.5. The van der Waals surface area contributed by atoms with Gasteiger partial charge >= 0.3 is 6.09 Å². The summed E-state index contributed by atoms with van der Waals surface area (Å²) in [6.45, 7) is 10.1. The molecule has 0 saturated carbocycles. The van der Waals surface area contributed by atoms with Crippen molar-refractivity contribution in [1.29, 1.82) is 0 Å². The molecule has 3 aliphatic rings. The van der Waals surface area contributed by atoms with Gasteiger partial charge in [0.05, 0.1) is 36.7 Å². The van der Waals surface area contributed by atoms with Crippen LogP contribution in [0.15, 0.2) is 30.0 Å². The van der Waals surface area contributed by atoms with E-state index in [-0.39, 0.29) is 24.1 Å². The lowest BCUT2D eigenvalue weighted by Gasteiger charge is -2.36. The van der Waals surface area contributed by atoms with E-state index >= 15 is 0 Å². The number of ether oxygens (including phenoxy) is 1. The van der Waals surface area contributed by atoms with Crippen molar-refractivity contribution in [2.24, 2.45) is 0 Å². The van der Waals surface area contributed by atoms with Gasteiger partial charge in [0.2, 0.25) is 5.91 Å². The maximum absolute atomic E-state index is 13.0. The van der Waals surface area contributed by atoms with E-state index in [1.807, 2.05) is 37.3 Å². The minimum Gasteiger partial charge on any atom is -0.444 e. The molecule has 8 nitrogen and oxygen atoms in total. The SMILES string of the molecule is C[C@H]1Cn2ncc(N3CC(N(C)CC4=CC=CCC4)CC3=O)c2CN1C(=O)OC(C)(C)C. The van der Waals surface area contributed by atoms with E-state index in [2.05, 4.69) is 35.3 Å². The fourth-order valence-corrected chi connectivity index (χ4v) is 4.63. The van der Waals surface area contributed by atoms with Gasteiger partial charge in [0.25, 0.3) is 0 Å². The topological polar surface area (TPSA) is 70.9 Å². The van der Waals surface area contributed by atoms with Crippen LogP contribution in [0.4, 0.5) is 10.5 Å². The number of allylic oxidation sites excluding steroid dienone is 3. The van der Waals surface area contributed by atoms with E-state index in [0.717, 1.165) is 30.8 Å². The average Bonchev–Trinajstić information content (AvgIpc) is 3.29. The number of likely N-dealkylation sites (N-methyl/N-ethyl adjacent to an activating group) is 1. The molecule has 2 amide bonds. The van der Waals surface area contributed by atoms with E-state index < -0.39 is 5.60 Å². The van der Waals surface area contributed by atoms with Gasteiger partial charge in [-0.25, -0.2) is 4.79 Å². The number of fused-ring (bicyclic) bond motifs is 1. The lowest BCUT2D eigenvalue weighted by atomic mass is 10.0. The van der Waals surface area contributed by atoms with Gasteiger partial charge in [0, 0.05) is 25.6 Å². The molecule has 1 fully saturated rings. The molecule has 8 heteroatoms. The lowest BCUT2D eigenvalue weighted by Crippen LogP contribution is -2.47. The third-order valence-electron chi connectivity index (χ3n) is 6.42. The minimum atomic E-state index is -0.552. The van der Waals surface area contributed by atoms with Crippen LogP contribution in [0.3, 0.4) is 0 Å². The Hall–Kier alpha value is -2.61. The van der Waals surface area contributed by atoms with Crippen molar-refractivity contribution in [3.63, 3.8) is 0 Å². The van der Waals surface area contributed by atoms with Gasteiger partial charge < -0.3 is 9.64 Å². The normalized spacial score (nSPS) is 23.6. The standard InChI is InChI=1S/C24H35N5O3/c1-17-13-29-21(16-27(17)23(31)32-24(2,3)4)20(12-25-29)28-15-19(11-22(28)30)26(5)14-18-9-7-6-8-10-18/h6-7,9,12,17,19H,8,10-11,13-16H2,1-5H3/t17-,19?/m0/s1. The summed E-state index contributed by atoms with van der Waals surface area (Å²) in [6.07, 6.45) is 10.6. The molecule has 174 valence electrons. The van der Waals surface area contributed by atoms with Crippen molar-refractivity contribution < 1.29 is 14.3 Å². The fraction of sp³-hybridized carbons (Fsp3) is 0.625. The largest absolute Gasteiger partial charge is 0.444 e. The molecule has 1 unspecified atom stereocenters. The zero-order valence-electron chi connectivity index (χ0n) is 19.9. The maximum Gasteiger partial charge on any atom is 0.410 e. The number of amides is 2. The summed E-state index contributed by atoms with van der Waals surface area (Å²) in [5.41, 5.74) is 2.56. The molecule has 0 spiro atoms. The quantitative estimate of drug-likeness (QED) is 0.717. The van der Waals surface area contributed by atoms with Crippen molar-refractivity contribution in [3.8, 4) is 0 Å². The number of hydrogen-bond acceptors (Lipinski definition) is 5. The predicted molar refractivity (Wildman–Crippen MR) is 123 cm³/mol. The summed E-state index contributed by atoms with van der Waals surface area (Å²) in [5, 5.41) is 4.53. The zero-order chi connectivity index (χ0) is 23.0.